The maximum absolute atomic E-state index is 13.1. The van der Waals surface area contributed by atoms with Gasteiger partial charge in [0.25, 0.3) is 0 Å². The van der Waals surface area contributed by atoms with E-state index < -0.39 is 0 Å². The van der Waals surface area contributed by atoms with Crippen molar-refractivity contribution in [3.05, 3.63) is 54.6 Å². The molecule has 4 rings (SSSR count). The van der Waals surface area contributed by atoms with Crippen LogP contribution < -0.4 is 9.64 Å². The normalized spacial score (nSPS) is 17.7. The van der Waals surface area contributed by atoms with Crippen LogP contribution in [0.2, 0.25) is 0 Å². The topological polar surface area (TPSA) is 66.0 Å². The average molecular weight is 398 g/mol. The molecule has 7 nitrogen and oxygen atoms in total. The quantitative estimate of drug-likeness (QED) is 0.776. The molecule has 3 amide bonds. The van der Waals surface area contributed by atoms with Gasteiger partial charge in [-0.1, -0.05) is 0 Å². The predicted molar refractivity (Wildman–Crippen MR) is 105 cm³/mol. The number of nitrogens with zero attached hydrogens (tertiary/aromatic N) is 4. The van der Waals surface area contributed by atoms with Gasteiger partial charge in [0, 0.05) is 57.1 Å². The van der Waals surface area contributed by atoms with Gasteiger partial charge in [0.1, 0.15) is 24.2 Å². The zero-order valence-corrected chi connectivity index (χ0v) is 16.0. The number of likely N-dealkylation sites (tertiary alicyclic amines) is 1. The number of pyridine rings is 1. The van der Waals surface area contributed by atoms with Gasteiger partial charge in [0.2, 0.25) is 5.91 Å². The molecular weight excluding hydrogens is 375 g/mol. The lowest BCUT2D eigenvalue weighted by molar-refractivity contribution is -0.133. The first-order valence-corrected chi connectivity index (χ1v) is 9.76. The fraction of sp³-hybridized carbons (Fsp3) is 0.381. The number of rotatable bonds is 5. The van der Waals surface area contributed by atoms with Crippen LogP contribution in [0, 0.1) is 5.82 Å². The van der Waals surface area contributed by atoms with Crippen molar-refractivity contribution >= 4 is 17.6 Å². The second-order valence-corrected chi connectivity index (χ2v) is 7.21. The fourth-order valence-electron chi connectivity index (χ4n) is 3.69. The molecule has 0 radical (unpaired) electrons. The lowest BCUT2D eigenvalue weighted by atomic mass is 10.1. The average Bonchev–Trinajstić information content (AvgIpc) is 3.10. The summed E-state index contributed by atoms with van der Waals surface area (Å²) in [7, 11) is 0. The maximum Gasteiger partial charge on any atom is 0.325 e. The first-order chi connectivity index (χ1) is 14.1. The summed E-state index contributed by atoms with van der Waals surface area (Å²) in [6.07, 6.45) is 4.96. The highest BCUT2D eigenvalue weighted by molar-refractivity contribution is 5.96. The molecule has 2 aromatic rings. The van der Waals surface area contributed by atoms with Crippen LogP contribution in [-0.4, -0.2) is 65.5 Å². The van der Waals surface area contributed by atoms with Crippen LogP contribution >= 0.6 is 0 Å². The zero-order chi connectivity index (χ0) is 20.2. The number of carbonyl (C=O) groups is 2. The number of ether oxygens (including phenoxy) is 1. The largest absolute Gasteiger partial charge is 0.490 e. The van der Waals surface area contributed by atoms with Crippen molar-refractivity contribution in [1.29, 1.82) is 0 Å². The molecule has 0 bridgehead atoms. The molecular formula is C21H23FN4O3. The minimum Gasteiger partial charge on any atom is -0.490 e. The molecule has 2 aliphatic heterocycles. The highest BCUT2D eigenvalue weighted by Crippen LogP contribution is 2.22. The van der Waals surface area contributed by atoms with Gasteiger partial charge in [-0.2, -0.15) is 0 Å². The molecule has 1 aromatic carbocycles. The van der Waals surface area contributed by atoms with Crippen LogP contribution in [0.1, 0.15) is 12.8 Å². The van der Waals surface area contributed by atoms with Crippen LogP contribution in [-0.2, 0) is 4.79 Å². The predicted octanol–water partition coefficient (Wildman–Crippen LogP) is 2.53. The van der Waals surface area contributed by atoms with E-state index in [0.717, 1.165) is 18.6 Å². The summed E-state index contributed by atoms with van der Waals surface area (Å²) >= 11 is 0. The Morgan fingerprint density at radius 2 is 1.72 bits per heavy atom. The summed E-state index contributed by atoms with van der Waals surface area (Å²) < 4.78 is 19.0. The third kappa shape index (κ3) is 4.47. The van der Waals surface area contributed by atoms with E-state index >= 15 is 0 Å². The van der Waals surface area contributed by atoms with Gasteiger partial charge in [0.05, 0.1) is 0 Å². The van der Waals surface area contributed by atoms with Gasteiger partial charge >= 0.3 is 6.03 Å². The van der Waals surface area contributed by atoms with Crippen molar-refractivity contribution in [2.45, 2.75) is 18.9 Å². The minimum absolute atomic E-state index is 0.0540. The first kappa shape index (κ1) is 19.2. The summed E-state index contributed by atoms with van der Waals surface area (Å²) in [6, 6.07) is 9.23. The van der Waals surface area contributed by atoms with Crippen LogP contribution in [0.4, 0.5) is 14.9 Å². The van der Waals surface area contributed by atoms with E-state index in [2.05, 4.69) is 4.98 Å². The molecule has 0 aliphatic carbocycles. The molecule has 2 saturated heterocycles. The lowest BCUT2D eigenvalue weighted by Crippen LogP contribution is -2.46. The zero-order valence-electron chi connectivity index (χ0n) is 16.0. The smallest absolute Gasteiger partial charge is 0.325 e. The number of benzene rings is 1. The fourth-order valence-corrected chi connectivity index (χ4v) is 3.69. The Hall–Kier alpha value is -3.16. The minimum atomic E-state index is -0.344. The van der Waals surface area contributed by atoms with Gasteiger partial charge in [-0.3, -0.25) is 14.7 Å². The molecule has 2 fully saturated rings. The molecule has 152 valence electrons. The number of hydrogen-bond donors (Lipinski definition) is 0. The van der Waals surface area contributed by atoms with E-state index in [4.69, 9.17) is 4.74 Å². The molecule has 3 heterocycles. The Balaban J connectivity index is 1.27. The number of carbonyl (C=O) groups excluding carboxylic acids is 2. The van der Waals surface area contributed by atoms with Crippen molar-refractivity contribution in [2.75, 3.05) is 37.6 Å². The first-order valence-electron chi connectivity index (χ1n) is 9.76. The van der Waals surface area contributed by atoms with Crippen LogP contribution in [0.3, 0.4) is 0 Å². The lowest BCUT2D eigenvalue weighted by Gasteiger charge is -2.33. The summed E-state index contributed by atoms with van der Waals surface area (Å²) in [5.74, 6) is 0.388. The van der Waals surface area contributed by atoms with Crippen molar-refractivity contribution in [2.24, 2.45) is 0 Å². The number of anilines is 1. The molecule has 0 atom stereocenters. The van der Waals surface area contributed by atoms with Crippen LogP contribution in [0.25, 0.3) is 0 Å². The second-order valence-electron chi connectivity index (χ2n) is 7.21. The summed E-state index contributed by atoms with van der Waals surface area (Å²) in [5, 5.41) is 0. The van der Waals surface area contributed by atoms with Crippen molar-refractivity contribution in [3.8, 4) is 5.75 Å². The van der Waals surface area contributed by atoms with Crippen molar-refractivity contribution < 1.29 is 18.7 Å². The van der Waals surface area contributed by atoms with E-state index in [1.54, 1.807) is 39.2 Å². The number of aromatic nitrogens is 1. The van der Waals surface area contributed by atoms with Crippen LogP contribution in [0.15, 0.2) is 48.8 Å². The van der Waals surface area contributed by atoms with E-state index in [0.29, 0.717) is 31.9 Å². The molecule has 8 heteroatoms. The number of amides is 3. The van der Waals surface area contributed by atoms with Crippen molar-refractivity contribution in [3.63, 3.8) is 0 Å². The number of piperidine rings is 1. The summed E-state index contributed by atoms with van der Waals surface area (Å²) in [5.41, 5.74) is 0.639. The molecule has 29 heavy (non-hydrogen) atoms. The number of urea groups is 1. The summed E-state index contributed by atoms with van der Waals surface area (Å²) in [6.45, 7) is 2.24. The highest BCUT2D eigenvalue weighted by atomic mass is 19.1. The standard InChI is InChI=1S/C21H23FN4O3/c22-16-1-3-17(4-2-16)26-14-13-25(21(26)28)15-20(27)24-11-7-19(8-12-24)29-18-5-9-23-10-6-18/h1-6,9-10,19H,7-8,11-15H2. The molecule has 1 aromatic heterocycles. The van der Waals surface area contributed by atoms with Gasteiger partial charge in [0.15, 0.2) is 0 Å². The Kier molecular flexibility index (Phi) is 5.59. The Morgan fingerprint density at radius 1 is 1.03 bits per heavy atom. The van der Waals surface area contributed by atoms with E-state index in [-0.39, 0.29) is 30.4 Å². The third-order valence-electron chi connectivity index (χ3n) is 5.31. The van der Waals surface area contributed by atoms with Gasteiger partial charge in [-0.05, 0) is 36.4 Å². The Morgan fingerprint density at radius 3 is 2.41 bits per heavy atom. The molecule has 2 aliphatic rings. The molecule has 0 spiro atoms. The second kappa shape index (κ2) is 8.46. The van der Waals surface area contributed by atoms with Crippen LogP contribution in [0.5, 0.6) is 5.75 Å². The van der Waals surface area contributed by atoms with Gasteiger partial charge in [-0.15, -0.1) is 0 Å². The van der Waals surface area contributed by atoms with E-state index in [9.17, 15) is 14.0 Å². The van der Waals surface area contributed by atoms with Gasteiger partial charge < -0.3 is 14.5 Å². The molecule has 0 saturated carbocycles. The number of halogens is 1. The Labute approximate surface area is 168 Å². The summed E-state index contributed by atoms with van der Waals surface area (Å²) in [4.78, 5) is 34.2. The van der Waals surface area contributed by atoms with E-state index in [1.165, 1.54) is 12.1 Å². The highest BCUT2D eigenvalue weighted by Gasteiger charge is 2.33. The monoisotopic (exact) mass is 398 g/mol. The molecule has 0 N–H and O–H groups in total. The SMILES string of the molecule is O=C(CN1CCN(c2ccc(F)cc2)C1=O)N1CCC(Oc2ccncc2)CC1. The van der Waals surface area contributed by atoms with Gasteiger partial charge in [-0.25, -0.2) is 9.18 Å². The number of hydrogen-bond acceptors (Lipinski definition) is 4. The van der Waals surface area contributed by atoms with E-state index in [1.807, 2.05) is 12.1 Å². The molecule has 0 unspecified atom stereocenters. The van der Waals surface area contributed by atoms with Crippen molar-refractivity contribution in [1.82, 2.24) is 14.8 Å². The maximum atomic E-state index is 13.1. The third-order valence-corrected chi connectivity index (χ3v) is 5.31. The Bertz CT molecular complexity index is 854.